The Morgan fingerprint density at radius 2 is 2.42 bits per heavy atom. The molecule has 0 unspecified atom stereocenters. The maximum Gasteiger partial charge on any atom is 0.0971 e. The molecule has 1 aliphatic rings. The van der Waals surface area contributed by atoms with Crippen LogP contribution < -0.4 is 5.32 Å². The van der Waals surface area contributed by atoms with Gasteiger partial charge < -0.3 is 4.74 Å². The topological polar surface area (TPSA) is 21.3 Å². The summed E-state index contributed by atoms with van der Waals surface area (Å²) in [6.07, 6.45) is 0. The van der Waals surface area contributed by atoms with Crippen molar-refractivity contribution in [3.05, 3.63) is 35.4 Å². The smallest absolute Gasteiger partial charge is 0.0971 e. The zero-order valence-electron chi connectivity index (χ0n) is 7.21. The van der Waals surface area contributed by atoms with Crippen molar-refractivity contribution < 1.29 is 4.74 Å². The first kappa shape index (κ1) is 7.77. The third kappa shape index (κ3) is 1.49. The van der Waals surface area contributed by atoms with Gasteiger partial charge in [0.1, 0.15) is 0 Å². The third-order valence-corrected chi connectivity index (χ3v) is 2.16. The lowest BCUT2D eigenvalue weighted by atomic mass is 10.1. The van der Waals surface area contributed by atoms with Crippen LogP contribution in [0.3, 0.4) is 0 Å². The molecule has 1 fully saturated rings. The van der Waals surface area contributed by atoms with E-state index in [2.05, 4.69) is 36.5 Å². The SMILES string of the molecule is Cc1cccc([C@@H]2COCN2)c1. The lowest BCUT2D eigenvalue weighted by Gasteiger charge is -2.08. The van der Waals surface area contributed by atoms with Gasteiger partial charge in [-0.1, -0.05) is 29.8 Å². The van der Waals surface area contributed by atoms with Crippen molar-refractivity contribution in [2.75, 3.05) is 13.3 Å². The summed E-state index contributed by atoms with van der Waals surface area (Å²) in [4.78, 5) is 0. The van der Waals surface area contributed by atoms with Crippen LogP contribution in [0.5, 0.6) is 0 Å². The fraction of sp³-hybridized carbons (Fsp3) is 0.400. The fourth-order valence-corrected chi connectivity index (χ4v) is 1.50. The minimum Gasteiger partial charge on any atom is -0.364 e. The highest BCUT2D eigenvalue weighted by Gasteiger charge is 2.15. The van der Waals surface area contributed by atoms with E-state index in [-0.39, 0.29) is 0 Å². The normalized spacial score (nSPS) is 22.9. The second-order valence-electron chi connectivity index (χ2n) is 3.19. The molecule has 1 aromatic rings. The van der Waals surface area contributed by atoms with Crippen LogP contribution in [0.1, 0.15) is 17.2 Å². The molecule has 0 aromatic heterocycles. The van der Waals surface area contributed by atoms with E-state index < -0.39 is 0 Å². The summed E-state index contributed by atoms with van der Waals surface area (Å²) in [6, 6.07) is 8.93. The number of aryl methyl sites for hydroxylation is 1. The van der Waals surface area contributed by atoms with Crippen molar-refractivity contribution in [3.63, 3.8) is 0 Å². The van der Waals surface area contributed by atoms with E-state index in [1.165, 1.54) is 11.1 Å². The zero-order valence-corrected chi connectivity index (χ0v) is 7.21. The van der Waals surface area contributed by atoms with Crippen molar-refractivity contribution in [3.8, 4) is 0 Å². The van der Waals surface area contributed by atoms with Gasteiger partial charge in [-0.25, -0.2) is 0 Å². The maximum atomic E-state index is 5.24. The number of nitrogens with one attached hydrogen (secondary N) is 1. The minimum absolute atomic E-state index is 0.393. The molecule has 2 heteroatoms. The van der Waals surface area contributed by atoms with Crippen LogP contribution in [0, 0.1) is 6.92 Å². The zero-order chi connectivity index (χ0) is 8.39. The van der Waals surface area contributed by atoms with E-state index >= 15 is 0 Å². The van der Waals surface area contributed by atoms with Gasteiger partial charge in [0, 0.05) is 0 Å². The molecular formula is C10H13NO. The van der Waals surface area contributed by atoms with Crippen LogP contribution in [0.4, 0.5) is 0 Å². The van der Waals surface area contributed by atoms with Crippen molar-refractivity contribution in [1.29, 1.82) is 0 Å². The molecule has 1 heterocycles. The number of ether oxygens (including phenoxy) is 1. The van der Waals surface area contributed by atoms with E-state index in [9.17, 15) is 0 Å². The van der Waals surface area contributed by atoms with Crippen molar-refractivity contribution >= 4 is 0 Å². The van der Waals surface area contributed by atoms with E-state index in [4.69, 9.17) is 4.74 Å². The number of hydrogen-bond acceptors (Lipinski definition) is 2. The van der Waals surface area contributed by atoms with Gasteiger partial charge in [0.25, 0.3) is 0 Å². The molecular weight excluding hydrogens is 150 g/mol. The Morgan fingerprint density at radius 1 is 1.50 bits per heavy atom. The summed E-state index contributed by atoms with van der Waals surface area (Å²) < 4.78 is 5.24. The average Bonchev–Trinajstić information content (AvgIpc) is 2.56. The first-order valence-electron chi connectivity index (χ1n) is 4.24. The molecule has 0 radical (unpaired) electrons. The molecule has 0 amide bonds. The minimum atomic E-state index is 0.393. The Bertz CT molecular complexity index is 266. The molecule has 1 aliphatic heterocycles. The average molecular weight is 163 g/mol. The van der Waals surface area contributed by atoms with Crippen molar-refractivity contribution in [2.24, 2.45) is 0 Å². The van der Waals surface area contributed by atoms with Crippen LogP contribution >= 0.6 is 0 Å². The van der Waals surface area contributed by atoms with Crippen LogP contribution in [0.25, 0.3) is 0 Å². The Kier molecular flexibility index (Phi) is 2.11. The summed E-state index contributed by atoms with van der Waals surface area (Å²) in [5.41, 5.74) is 2.63. The van der Waals surface area contributed by atoms with Crippen molar-refractivity contribution in [2.45, 2.75) is 13.0 Å². The molecule has 1 atom stereocenters. The Hall–Kier alpha value is -0.860. The fourth-order valence-electron chi connectivity index (χ4n) is 1.50. The van der Waals surface area contributed by atoms with Gasteiger partial charge in [0.2, 0.25) is 0 Å². The monoisotopic (exact) mass is 163 g/mol. The Labute approximate surface area is 72.5 Å². The van der Waals surface area contributed by atoms with Gasteiger partial charge in [-0.2, -0.15) is 0 Å². The summed E-state index contributed by atoms with van der Waals surface area (Å²) in [7, 11) is 0. The molecule has 2 rings (SSSR count). The highest BCUT2D eigenvalue weighted by molar-refractivity contribution is 5.25. The van der Waals surface area contributed by atoms with E-state index in [0.29, 0.717) is 12.8 Å². The Morgan fingerprint density at radius 3 is 3.08 bits per heavy atom. The molecule has 0 bridgehead atoms. The molecule has 12 heavy (non-hydrogen) atoms. The maximum absolute atomic E-state index is 5.24. The van der Waals surface area contributed by atoms with Crippen LogP contribution in [-0.4, -0.2) is 13.3 Å². The largest absolute Gasteiger partial charge is 0.364 e. The molecule has 0 spiro atoms. The first-order valence-corrected chi connectivity index (χ1v) is 4.24. The molecule has 0 saturated carbocycles. The van der Waals surface area contributed by atoms with Crippen LogP contribution in [-0.2, 0) is 4.74 Å². The molecule has 1 aromatic carbocycles. The molecule has 1 saturated heterocycles. The van der Waals surface area contributed by atoms with Crippen molar-refractivity contribution in [1.82, 2.24) is 5.32 Å². The van der Waals surface area contributed by atoms with Gasteiger partial charge in [-0.3, -0.25) is 5.32 Å². The molecule has 1 N–H and O–H groups in total. The van der Waals surface area contributed by atoms with E-state index in [0.717, 1.165) is 6.61 Å². The first-order chi connectivity index (χ1) is 5.86. The number of hydrogen-bond donors (Lipinski definition) is 1. The van der Waals surface area contributed by atoms with E-state index in [1.807, 2.05) is 0 Å². The predicted molar refractivity (Wildman–Crippen MR) is 47.9 cm³/mol. The van der Waals surface area contributed by atoms with Gasteiger partial charge in [0.05, 0.1) is 19.4 Å². The molecule has 0 aliphatic carbocycles. The van der Waals surface area contributed by atoms with Crippen LogP contribution in [0.2, 0.25) is 0 Å². The summed E-state index contributed by atoms with van der Waals surface area (Å²) in [5.74, 6) is 0. The highest BCUT2D eigenvalue weighted by Crippen LogP contribution is 2.17. The molecule has 2 nitrogen and oxygen atoms in total. The highest BCUT2D eigenvalue weighted by atomic mass is 16.5. The lowest BCUT2D eigenvalue weighted by Crippen LogP contribution is -2.14. The van der Waals surface area contributed by atoms with E-state index in [1.54, 1.807) is 0 Å². The Balaban J connectivity index is 2.21. The quantitative estimate of drug-likeness (QED) is 0.679. The van der Waals surface area contributed by atoms with Gasteiger partial charge >= 0.3 is 0 Å². The second kappa shape index (κ2) is 3.25. The summed E-state index contributed by atoms with van der Waals surface area (Å²) >= 11 is 0. The lowest BCUT2D eigenvalue weighted by molar-refractivity contribution is 0.189. The van der Waals surface area contributed by atoms with Gasteiger partial charge in [-0.15, -0.1) is 0 Å². The number of benzene rings is 1. The molecule has 64 valence electrons. The third-order valence-electron chi connectivity index (χ3n) is 2.16. The summed E-state index contributed by atoms with van der Waals surface area (Å²) in [6.45, 7) is 3.58. The summed E-state index contributed by atoms with van der Waals surface area (Å²) in [5, 5.41) is 3.28. The predicted octanol–water partition coefficient (Wildman–Crippen LogP) is 1.61. The second-order valence-corrected chi connectivity index (χ2v) is 3.19. The standard InChI is InChI=1S/C10H13NO/c1-8-3-2-4-9(5-8)10-6-12-7-11-10/h2-5,10-11H,6-7H2,1H3/t10-/m0/s1. The number of rotatable bonds is 1. The van der Waals surface area contributed by atoms with Gasteiger partial charge in [-0.05, 0) is 12.5 Å². The van der Waals surface area contributed by atoms with Crippen LogP contribution in [0.15, 0.2) is 24.3 Å². The van der Waals surface area contributed by atoms with Gasteiger partial charge in [0.15, 0.2) is 0 Å².